The van der Waals surface area contributed by atoms with E-state index in [1.165, 1.54) is 6.20 Å². The maximum Gasteiger partial charge on any atom is 0.310 e. The molecular formula is C13H14N4O2. The molecule has 1 aromatic heterocycles. The third-order valence-electron chi connectivity index (χ3n) is 3.60. The molecule has 0 bridgehead atoms. The van der Waals surface area contributed by atoms with Gasteiger partial charge in [0.05, 0.1) is 4.92 Å². The van der Waals surface area contributed by atoms with Crippen LogP contribution in [0.1, 0.15) is 17.2 Å². The van der Waals surface area contributed by atoms with Crippen molar-refractivity contribution in [3.8, 4) is 0 Å². The summed E-state index contributed by atoms with van der Waals surface area (Å²) in [6, 6.07) is 9.87. The molecule has 1 saturated heterocycles. The maximum atomic E-state index is 11.1. The van der Waals surface area contributed by atoms with E-state index in [9.17, 15) is 10.1 Å². The van der Waals surface area contributed by atoms with Crippen LogP contribution in [0.4, 0.5) is 5.69 Å². The topological polar surface area (TPSA) is 83.8 Å². The molecule has 2 N–H and O–H groups in total. The minimum absolute atomic E-state index is 0.00894. The summed E-state index contributed by atoms with van der Waals surface area (Å²) >= 11 is 0. The fourth-order valence-corrected chi connectivity index (χ4v) is 2.55. The van der Waals surface area contributed by atoms with Crippen LogP contribution in [-0.4, -0.2) is 28.2 Å². The highest BCUT2D eigenvalue weighted by atomic mass is 16.6. The fraction of sp³-hybridized carbons (Fsp3) is 0.308. The lowest BCUT2D eigenvalue weighted by Gasteiger charge is -2.34. The van der Waals surface area contributed by atoms with Crippen molar-refractivity contribution in [2.24, 2.45) is 5.92 Å². The second-order valence-corrected chi connectivity index (χ2v) is 4.73. The molecule has 2 heterocycles. The van der Waals surface area contributed by atoms with Gasteiger partial charge in [0, 0.05) is 19.0 Å². The molecule has 19 heavy (non-hydrogen) atoms. The summed E-state index contributed by atoms with van der Waals surface area (Å²) in [5, 5.41) is 21.0. The first-order valence-corrected chi connectivity index (χ1v) is 6.20. The molecule has 6 heteroatoms. The average Bonchev–Trinajstić information content (AvgIpc) is 2.83. The van der Waals surface area contributed by atoms with Gasteiger partial charge in [-0.3, -0.25) is 15.2 Å². The van der Waals surface area contributed by atoms with Gasteiger partial charge >= 0.3 is 5.69 Å². The molecule has 1 aliphatic heterocycles. The van der Waals surface area contributed by atoms with Crippen LogP contribution >= 0.6 is 0 Å². The number of H-pyrrole nitrogens is 1. The summed E-state index contributed by atoms with van der Waals surface area (Å²) < 4.78 is 0. The molecule has 2 aromatic rings. The van der Waals surface area contributed by atoms with Gasteiger partial charge in [0.25, 0.3) is 0 Å². The molecule has 6 nitrogen and oxygen atoms in total. The van der Waals surface area contributed by atoms with Crippen molar-refractivity contribution < 1.29 is 4.92 Å². The van der Waals surface area contributed by atoms with E-state index < -0.39 is 0 Å². The Morgan fingerprint density at radius 2 is 2.05 bits per heavy atom. The van der Waals surface area contributed by atoms with Crippen molar-refractivity contribution in [3.05, 3.63) is 57.9 Å². The number of hydrogen-bond donors (Lipinski definition) is 2. The van der Waals surface area contributed by atoms with Crippen LogP contribution in [0.5, 0.6) is 0 Å². The van der Waals surface area contributed by atoms with Crippen LogP contribution in [0, 0.1) is 16.0 Å². The third kappa shape index (κ3) is 2.10. The molecule has 0 saturated carbocycles. The van der Waals surface area contributed by atoms with E-state index in [1.807, 2.05) is 30.3 Å². The first-order chi connectivity index (χ1) is 9.27. The zero-order valence-electron chi connectivity index (χ0n) is 10.2. The highest BCUT2D eigenvalue weighted by molar-refractivity contribution is 5.42. The van der Waals surface area contributed by atoms with Crippen molar-refractivity contribution in [1.82, 2.24) is 15.5 Å². The van der Waals surface area contributed by atoms with E-state index in [2.05, 4.69) is 15.5 Å². The summed E-state index contributed by atoms with van der Waals surface area (Å²) in [5.41, 5.74) is 1.75. The highest BCUT2D eigenvalue weighted by Crippen LogP contribution is 2.37. The van der Waals surface area contributed by atoms with Crippen molar-refractivity contribution in [2.75, 3.05) is 13.1 Å². The van der Waals surface area contributed by atoms with E-state index in [0.717, 1.165) is 18.7 Å². The highest BCUT2D eigenvalue weighted by Gasteiger charge is 2.35. The van der Waals surface area contributed by atoms with Gasteiger partial charge in [-0.25, -0.2) is 0 Å². The molecule has 3 rings (SSSR count). The molecule has 1 aromatic carbocycles. The summed E-state index contributed by atoms with van der Waals surface area (Å²) in [5.74, 6) is 0.354. The molecule has 0 amide bonds. The minimum atomic E-state index is -0.374. The van der Waals surface area contributed by atoms with Gasteiger partial charge in [-0.15, -0.1) is 0 Å². The van der Waals surface area contributed by atoms with Crippen LogP contribution in [0.25, 0.3) is 0 Å². The Kier molecular flexibility index (Phi) is 3.00. The predicted octanol–water partition coefficient (Wildman–Crippen LogP) is 1.67. The number of aromatic nitrogens is 2. The number of aromatic amines is 1. The summed E-state index contributed by atoms with van der Waals surface area (Å²) in [6.45, 7) is 1.74. The van der Waals surface area contributed by atoms with Gasteiger partial charge in [0.1, 0.15) is 11.9 Å². The SMILES string of the molecule is O=[N+]([O-])c1cn[nH]c1C(c1ccccc1)C1CNC1. The normalized spacial score (nSPS) is 16.8. The summed E-state index contributed by atoms with van der Waals surface area (Å²) in [4.78, 5) is 10.7. The Bertz CT molecular complexity index is 577. The molecule has 0 spiro atoms. The first kappa shape index (κ1) is 11.9. The molecule has 1 fully saturated rings. The monoisotopic (exact) mass is 258 g/mol. The van der Waals surface area contributed by atoms with E-state index >= 15 is 0 Å². The number of hydrogen-bond acceptors (Lipinski definition) is 4. The Labute approximate surface area is 110 Å². The Morgan fingerprint density at radius 1 is 1.32 bits per heavy atom. The van der Waals surface area contributed by atoms with Gasteiger partial charge in [0.15, 0.2) is 0 Å². The second-order valence-electron chi connectivity index (χ2n) is 4.73. The predicted molar refractivity (Wildman–Crippen MR) is 69.9 cm³/mol. The molecule has 98 valence electrons. The fourth-order valence-electron chi connectivity index (χ4n) is 2.55. The quantitative estimate of drug-likeness (QED) is 0.645. The molecule has 1 unspecified atom stereocenters. The zero-order chi connectivity index (χ0) is 13.2. The summed E-state index contributed by atoms with van der Waals surface area (Å²) in [7, 11) is 0. The molecule has 1 aliphatic rings. The maximum absolute atomic E-state index is 11.1. The molecule has 0 aliphatic carbocycles. The minimum Gasteiger partial charge on any atom is -0.316 e. The van der Waals surface area contributed by atoms with E-state index in [4.69, 9.17) is 0 Å². The van der Waals surface area contributed by atoms with Gasteiger partial charge in [-0.05, 0) is 11.5 Å². The average molecular weight is 258 g/mol. The molecular weight excluding hydrogens is 244 g/mol. The van der Waals surface area contributed by atoms with Gasteiger partial charge in [-0.2, -0.15) is 5.10 Å². The van der Waals surface area contributed by atoms with Crippen molar-refractivity contribution in [1.29, 1.82) is 0 Å². The van der Waals surface area contributed by atoms with Crippen molar-refractivity contribution in [2.45, 2.75) is 5.92 Å². The lowest BCUT2D eigenvalue weighted by molar-refractivity contribution is -0.385. The van der Waals surface area contributed by atoms with Gasteiger partial charge in [0.2, 0.25) is 0 Å². The van der Waals surface area contributed by atoms with E-state index in [-0.39, 0.29) is 16.5 Å². The van der Waals surface area contributed by atoms with Crippen LogP contribution in [0.2, 0.25) is 0 Å². The van der Waals surface area contributed by atoms with Gasteiger partial charge in [-0.1, -0.05) is 30.3 Å². The van der Waals surface area contributed by atoms with Crippen LogP contribution in [-0.2, 0) is 0 Å². The number of rotatable bonds is 4. The van der Waals surface area contributed by atoms with Crippen LogP contribution in [0.15, 0.2) is 36.5 Å². The molecule has 0 radical (unpaired) electrons. The number of benzene rings is 1. The first-order valence-electron chi connectivity index (χ1n) is 6.20. The number of nitrogens with one attached hydrogen (secondary N) is 2. The number of nitro groups is 1. The Morgan fingerprint density at radius 3 is 2.63 bits per heavy atom. The largest absolute Gasteiger partial charge is 0.316 e. The Balaban J connectivity index is 2.04. The number of nitrogens with zero attached hydrogens (tertiary/aromatic N) is 2. The lowest BCUT2D eigenvalue weighted by atomic mass is 9.80. The second kappa shape index (κ2) is 4.81. The van der Waals surface area contributed by atoms with Crippen molar-refractivity contribution >= 4 is 5.69 Å². The molecule has 1 atom stereocenters. The van der Waals surface area contributed by atoms with E-state index in [0.29, 0.717) is 11.6 Å². The van der Waals surface area contributed by atoms with Gasteiger partial charge < -0.3 is 5.32 Å². The van der Waals surface area contributed by atoms with Crippen LogP contribution in [0.3, 0.4) is 0 Å². The van der Waals surface area contributed by atoms with Crippen molar-refractivity contribution in [3.63, 3.8) is 0 Å². The third-order valence-corrected chi connectivity index (χ3v) is 3.60. The summed E-state index contributed by atoms with van der Waals surface area (Å²) in [6.07, 6.45) is 1.29. The Hall–Kier alpha value is -2.21. The smallest absolute Gasteiger partial charge is 0.310 e. The standard InChI is InChI=1S/C13H14N4O2/c18-17(19)11-8-15-16-13(11)12(10-6-14-7-10)9-4-2-1-3-5-9/h1-5,8,10,12,14H,6-7H2,(H,15,16). The lowest BCUT2D eigenvalue weighted by Crippen LogP contribution is -2.45. The zero-order valence-corrected chi connectivity index (χ0v) is 10.2. The van der Waals surface area contributed by atoms with E-state index in [1.54, 1.807) is 0 Å². The van der Waals surface area contributed by atoms with Crippen LogP contribution < -0.4 is 5.32 Å².